The van der Waals surface area contributed by atoms with E-state index in [0.717, 1.165) is 17.3 Å². The van der Waals surface area contributed by atoms with Crippen LogP contribution in [0.2, 0.25) is 5.02 Å². The Hall–Kier alpha value is -3.04. The molecule has 0 saturated heterocycles. The van der Waals surface area contributed by atoms with E-state index >= 15 is 0 Å². The normalized spacial score (nSPS) is 10.7. The number of para-hydroxylation sites is 1. The van der Waals surface area contributed by atoms with E-state index in [4.69, 9.17) is 22.1 Å². The number of ether oxygens (including phenoxy) is 1. The Morgan fingerprint density at radius 3 is 2.72 bits per heavy atom. The molecule has 0 fully saturated rings. The van der Waals surface area contributed by atoms with Crippen molar-refractivity contribution in [2.45, 2.75) is 12.1 Å². The van der Waals surface area contributed by atoms with Crippen LogP contribution >= 0.6 is 23.4 Å². The van der Waals surface area contributed by atoms with E-state index in [9.17, 15) is 14.4 Å². The van der Waals surface area contributed by atoms with Crippen molar-refractivity contribution in [3.63, 3.8) is 0 Å². The fourth-order valence-corrected chi connectivity index (χ4v) is 3.67. The van der Waals surface area contributed by atoms with Gasteiger partial charge in [0.15, 0.2) is 5.16 Å². The lowest BCUT2D eigenvalue weighted by Gasteiger charge is -2.17. The number of carbonyl (C=O) groups excluding carboxylic acids is 2. The summed E-state index contributed by atoms with van der Waals surface area (Å²) in [6.45, 7) is 1.80. The van der Waals surface area contributed by atoms with Gasteiger partial charge in [-0.25, -0.2) is 9.78 Å². The zero-order valence-electron chi connectivity index (χ0n) is 15.6. The largest absolute Gasteiger partial charge is 0.495 e. The van der Waals surface area contributed by atoms with Crippen LogP contribution in [0.3, 0.4) is 0 Å². The van der Waals surface area contributed by atoms with Crippen LogP contribution in [-0.4, -0.2) is 34.4 Å². The van der Waals surface area contributed by atoms with Gasteiger partial charge in [0, 0.05) is 11.1 Å². The highest BCUT2D eigenvalue weighted by Gasteiger charge is 2.19. The average molecular weight is 433 g/mol. The molecule has 0 aliphatic heterocycles. The van der Waals surface area contributed by atoms with Crippen molar-refractivity contribution in [2.24, 2.45) is 5.73 Å². The second kappa shape index (κ2) is 8.54. The monoisotopic (exact) mass is 432 g/mol. The number of aromatic nitrogens is 2. The number of fused-ring (bicyclic) bond motifs is 1. The van der Waals surface area contributed by atoms with Crippen molar-refractivity contribution >= 4 is 46.2 Å². The van der Waals surface area contributed by atoms with Crippen LogP contribution in [0.5, 0.6) is 5.75 Å². The van der Waals surface area contributed by atoms with Crippen LogP contribution in [-0.2, 0) is 4.79 Å². The summed E-state index contributed by atoms with van der Waals surface area (Å²) >= 11 is 7.19. The van der Waals surface area contributed by atoms with Gasteiger partial charge in [-0.05, 0) is 30.7 Å². The highest BCUT2D eigenvalue weighted by atomic mass is 35.5. The van der Waals surface area contributed by atoms with Crippen molar-refractivity contribution in [3.8, 4) is 11.4 Å². The predicted octanol–water partition coefficient (Wildman–Crippen LogP) is 2.64. The molecule has 29 heavy (non-hydrogen) atoms. The number of halogens is 1. The molecule has 150 valence electrons. The number of primary amides is 1. The van der Waals surface area contributed by atoms with Gasteiger partial charge in [0.25, 0.3) is 5.56 Å². The number of thioether (sulfide) groups is 1. The van der Waals surface area contributed by atoms with Crippen LogP contribution in [0, 0.1) is 6.92 Å². The Balaban J connectivity index is 2.20. The minimum atomic E-state index is -0.950. The SMILES string of the molecule is COc1cc(Cl)c(C)cc1-n1c(SCC(=O)NC(N)=O)nc2ccccc2c1=O. The van der Waals surface area contributed by atoms with Gasteiger partial charge in [0.2, 0.25) is 5.91 Å². The first-order valence-electron chi connectivity index (χ1n) is 8.40. The van der Waals surface area contributed by atoms with Crippen LogP contribution in [0.25, 0.3) is 16.6 Å². The van der Waals surface area contributed by atoms with Gasteiger partial charge in [0.1, 0.15) is 5.75 Å². The number of hydrogen-bond donors (Lipinski definition) is 2. The molecule has 0 saturated carbocycles. The molecule has 3 amide bonds. The number of urea groups is 1. The van der Waals surface area contributed by atoms with Crippen molar-refractivity contribution in [1.29, 1.82) is 0 Å². The summed E-state index contributed by atoms with van der Waals surface area (Å²) in [5.41, 5.74) is 6.31. The van der Waals surface area contributed by atoms with E-state index in [0.29, 0.717) is 27.4 Å². The second-order valence-electron chi connectivity index (χ2n) is 6.03. The number of carbonyl (C=O) groups is 2. The maximum Gasteiger partial charge on any atom is 0.318 e. The molecule has 2 aromatic carbocycles. The standard InChI is InChI=1S/C19H17ClN4O4S/c1-10-7-14(15(28-2)8-12(10)20)24-17(26)11-5-3-4-6-13(11)22-19(24)29-9-16(25)23-18(21)27/h3-8H,9H2,1-2H3,(H3,21,23,25,27). The van der Waals surface area contributed by atoms with E-state index in [-0.39, 0.29) is 16.5 Å². The predicted molar refractivity (Wildman–Crippen MR) is 112 cm³/mol. The Morgan fingerprint density at radius 1 is 1.31 bits per heavy atom. The number of hydrogen-bond acceptors (Lipinski definition) is 6. The van der Waals surface area contributed by atoms with Crippen molar-refractivity contribution < 1.29 is 14.3 Å². The molecule has 3 N–H and O–H groups in total. The number of aryl methyl sites for hydroxylation is 1. The molecule has 0 aliphatic rings. The quantitative estimate of drug-likeness (QED) is 0.473. The summed E-state index contributed by atoms with van der Waals surface area (Å²) < 4.78 is 6.78. The lowest BCUT2D eigenvalue weighted by atomic mass is 10.2. The zero-order chi connectivity index (χ0) is 21.1. The molecule has 1 heterocycles. The van der Waals surface area contributed by atoms with Gasteiger partial charge in [-0.3, -0.25) is 19.5 Å². The Morgan fingerprint density at radius 2 is 2.03 bits per heavy atom. The zero-order valence-corrected chi connectivity index (χ0v) is 17.1. The Labute approximate surface area is 175 Å². The first kappa shape index (κ1) is 20.7. The summed E-state index contributed by atoms with van der Waals surface area (Å²) in [7, 11) is 1.47. The number of nitrogens with zero attached hydrogens (tertiary/aromatic N) is 2. The molecule has 3 rings (SSSR count). The summed E-state index contributed by atoms with van der Waals surface area (Å²) in [6, 6.07) is 9.26. The fourth-order valence-electron chi connectivity index (χ4n) is 2.71. The maximum atomic E-state index is 13.3. The van der Waals surface area contributed by atoms with Crippen LogP contribution < -0.4 is 21.3 Å². The number of rotatable bonds is 5. The highest BCUT2D eigenvalue weighted by molar-refractivity contribution is 7.99. The van der Waals surface area contributed by atoms with E-state index in [1.807, 2.05) is 5.32 Å². The molecule has 0 spiro atoms. The number of nitrogens with one attached hydrogen (secondary N) is 1. The highest BCUT2D eigenvalue weighted by Crippen LogP contribution is 2.31. The minimum Gasteiger partial charge on any atom is -0.495 e. The summed E-state index contributed by atoms with van der Waals surface area (Å²) in [6.07, 6.45) is 0. The molecule has 0 bridgehead atoms. The van der Waals surface area contributed by atoms with Gasteiger partial charge in [-0.2, -0.15) is 0 Å². The first-order valence-corrected chi connectivity index (χ1v) is 9.76. The van der Waals surface area contributed by atoms with E-state index < -0.39 is 11.9 Å². The van der Waals surface area contributed by atoms with Crippen LogP contribution in [0.4, 0.5) is 4.79 Å². The maximum absolute atomic E-state index is 13.3. The van der Waals surface area contributed by atoms with Crippen molar-refractivity contribution in [1.82, 2.24) is 14.9 Å². The van der Waals surface area contributed by atoms with Crippen LogP contribution in [0.15, 0.2) is 46.3 Å². The first-order chi connectivity index (χ1) is 13.8. The lowest BCUT2D eigenvalue weighted by Crippen LogP contribution is -2.36. The summed E-state index contributed by atoms with van der Waals surface area (Å²) in [5, 5.41) is 3.14. The average Bonchev–Trinajstić information content (AvgIpc) is 2.68. The van der Waals surface area contributed by atoms with E-state index in [2.05, 4.69) is 4.98 Å². The van der Waals surface area contributed by atoms with E-state index in [1.54, 1.807) is 43.3 Å². The molecule has 3 aromatic rings. The Bertz CT molecular complexity index is 1180. The molecule has 8 nitrogen and oxygen atoms in total. The van der Waals surface area contributed by atoms with Crippen molar-refractivity contribution in [2.75, 3.05) is 12.9 Å². The van der Waals surface area contributed by atoms with Gasteiger partial charge in [0.05, 0.1) is 29.5 Å². The van der Waals surface area contributed by atoms with Gasteiger partial charge in [-0.15, -0.1) is 0 Å². The number of nitrogens with two attached hydrogens (primary N) is 1. The van der Waals surface area contributed by atoms with Gasteiger partial charge < -0.3 is 10.5 Å². The smallest absolute Gasteiger partial charge is 0.318 e. The molecule has 0 atom stereocenters. The van der Waals surface area contributed by atoms with Crippen LogP contribution in [0.1, 0.15) is 5.56 Å². The molecule has 10 heteroatoms. The topological polar surface area (TPSA) is 116 Å². The number of methoxy groups -OCH3 is 1. The molecular weight excluding hydrogens is 416 g/mol. The molecular formula is C19H17ClN4O4S. The Kier molecular flexibility index (Phi) is 6.09. The van der Waals surface area contributed by atoms with Crippen molar-refractivity contribution in [3.05, 3.63) is 57.3 Å². The molecule has 0 unspecified atom stereocenters. The fraction of sp³-hybridized carbons (Fsp3) is 0.158. The number of amides is 3. The second-order valence-corrected chi connectivity index (χ2v) is 7.38. The number of imide groups is 1. The summed E-state index contributed by atoms with van der Waals surface area (Å²) in [5.74, 6) is -0.387. The third-order valence-electron chi connectivity index (χ3n) is 4.04. The third kappa shape index (κ3) is 4.36. The van der Waals surface area contributed by atoms with Gasteiger partial charge >= 0.3 is 6.03 Å². The summed E-state index contributed by atoms with van der Waals surface area (Å²) in [4.78, 5) is 40.5. The molecule has 0 aliphatic carbocycles. The number of benzene rings is 2. The molecule has 1 aromatic heterocycles. The van der Waals surface area contributed by atoms with Gasteiger partial charge in [-0.1, -0.05) is 35.5 Å². The lowest BCUT2D eigenvalue weighted by molar-refractivity contribution is -0.117. The van der Waals surface area contributed by atoms with E-state index in [1.165, 1.54) is 11.7 Å². The third-order valence-corrected chi connectivity index (χ3v) is 5.39. The minimum absolute atomic E-state index is 0.164. The molecule has 0 radical (unpaired) electrons.